The average molecular weight is 292 g/mol. The van der Waals surface area contributed by atoms with Gasteiger partial charge in [0.05, 0.1) is 11.2 Å². The maximum Gasteiger partial charge on any atom is 0.0942 e. The van der Waals surface area contributed by atoms with E-state index in [1.165, 1.54) is 40.2 Å². The highest BCUT2D eigenvalue weighted by Crippen LogP contribution is 2.36. The molecular formula is C18H16N2S. The lowest BCUT2D eigenvalue weighted by Gasteiger charge is -2.08. The molecule has 0 fully saturated rings. The summed E-state index contributed by atoms with van der Waals surface area (Å²) in [5, 5.41) is 1.13. The number of aromatic nitrogens is 1. The highest BCUT2D eigenvalue weighted by atomic mass is 32.2. The fraction of sp³-hybridized carbons (Fsp3) is 0.167. The van der Waals surface area contributed by atoms with Crippen molar-refractivity contribution < 1.29 is 0 Å². The first-order chi connectivity index (χ1) is 10.3. The van der Waals surface area contributed by atoms with E-state index >= 15 is 0 Å². The van der Waals surface area contributed by atoms with Crippen molar-refractivity contribution in [3.05, 3.63) is 59.8 Å². The van der Waals surface area contributed by atoms with Gasteiger partial charge < -0.3 is 5.73 Å². The molecular weight excluding hydrogens is 276 g/mol. The van der Waals surface area contributed by atoms with Crippen LogP contribution in [0.5, 0.6) is 0 Å². The molecule has 1 heterocycles. The van der Waals surface area contributed by atoms with Crippen molar-refractivity contribution >= 4 is 28.4 Å². The van der Waals surface area contributed by atoms with E-state index in [-0.39, 0.29) is 0 Å². The summed E-state index contributed by atoms with van der Waals surface area (Å²) < 4.78 is 0. The van der Waals surface area contributed by atoms with Crippen LogP contribution < -0.4 is 5.73 Å². The molecule has 1 aliphatic carbocycles. The molecule has 0 spiro atoms. The molecule has 1 aromatic heterocycles. The number of aryl methyl sites for hydroxylation is 2. The van der Waals surface area contributed by atoms with Gasteiger partial charge >= 0.3 is 0 Å². The van der Waals surface area contributed by atoms with E-state index in [2.05, 4.69) is 35.3 Å². The summed E-state index contributed by atoms with van der Waals surface area (Å²) in [6, 6.07) is 14.9. The third-order valence-corrected chi connectivity index (χ3v) is 5.13. The highest BCUT2D eigenvalue weighted by molar-refractivity contribution is 7.99. The van der Waals surface area contributed by atoms with E-state index < -0.39 is 0 Å². The van der Waals surface area contributed by atoms with Gasteiger partial charge in [0, 0.05) is 21.4 Å². The molecule has 2 N–H and O–H groups in total. The summed E-state index contributed by atoms with van der Waals surface area (Å²) in [6.07, 6.45) is 5.58. The van der Waals surface area contributed by atoms with Crippen LogP contribution in [0.15, 0.2) is 58.5 Å². The fourth-order valence-electron chi connectivity index (χ4n) is 3.00. The Morgan fingerprint density at radius 3 is 2.86 bits per heavy atom. The second-order valence-corrected chi connectivity index (χ2v) is 6.55. The predicted octanol–water partition coefficient (Wildman–Crippen LogP) is 4.46. The molecule has 0 bridgehead atoms. The number of nitrogens with zero attached hydrogens (tertiary/aromatic N) is 1. The number of para-hydroxylation sites is 1. The van der Waals surface area contributed by atoms with Gasteiger partial charge in [-0.05, 0) is 54.7 Å². The number of nitrogens with two attached hydrogens (primary N) is 1. The first-order valence-corrected chi connectivity index (χ1v) is 8.06. The molecule has 0 saturated heterocycles. The Kier molecular flexibility index (Phi) is 3.08. The molecule has 0 aliphatic heterocycles. The number of anilines is 1. The van der Waals surface area contributed by atoms with E-state index in [1.807, 2.05) is 18.3 Å². The number of rotatable bonds is 2. The summed E-state index contributed by atoms with van der Waals surface area (Å²) in [6.45, 7) is 0. The van der Waals surface area contributed by atoms with Gasteiger partial charge in [0.25, 0.3) is 0 Å². The molecule has 21 heavy (non-hydrogen) atoms. The van der Waals surface area contributed by atoms with Gasteiger partial charge in [-0.1, -0.05) is 30.0 Å². The quantitative estimate of drug-likeness (QED) is 0.709. The van der Waals surface area contributed by atoms with Crippen molar-refractivity contribution in [1.82, 2.24) is 4.98 Å². The molecule has 0 radical (unpaired) electrons. The van der Waals surface area contributed by atoms with E-state index in [1.54, 1.807) is 11.8 Å². The minimum atomic E-state index is 0.740. The smallest absolute Gasteiger partial charge is 0.0942 e. The fourth-order valence-corrected chi connectivity index (χ4v) is 4.00. The molecule has 104 valence electrons. The van der Waals surface area contributed by atoms with Crippen LogP contribution in [0.25, 0.3) is 10.9 Å². The van der Waals surface area contributed by atoms with Crippen LogP contribution in [0.3, 0.4) is 0 Å². The van der Waals surface area contributed by atoms with Crippen LogP contribution in [0.1, 0.15) is 17.5 Å². The van der Waals surface area contributed by atoms with Gasteiger partial charge in [0.2, 0.25) is 0 Å². The van der Waals surface area contributed by atoms with Gasteiger partial charge in [-0.15, -0.1) is 0 Å². The summed E-state index contributed by atoms with van der Waals surface area (Å²) in [4.78, 5) is 6.91. The zero-order valence-electron chi connectivity index (χ0n) is 11.7. The van der Waals surface area contributed by atoms with E-state index in [0.717, 1.165) is 16.6 Å². The molecule has 0 unspecified atom stereocenters. The van der Waals surface area contributed by atoms with Crippen LogP contribution in [0, 0.1) is 0 Å². The average Bonchev–Trinajstić information content (AvgIpc) is 2.96. The van der Waals surface area contributed by atoms with Crippen molar-refractivity contribution in [3.63, 3.8) is 0 Å². The molecule has 0 saturated carbocycles. The van der Waals surface area contributed by atoms with Gasteiger partial charge in [-0.25, -0.2) is 0 Å². The second-order valence-electron chi connectivity index (χ2n) is 5.44. The minimum Gasteiger partial charge on any atom is -0.397 e. The Morgan fingerprint density at radius 2 is 1.90 bits per heavy atom. The van der Waals surface area contributed by atoms with Crippen LogP contribution >= 0.6 is 11.8 Å². The molecule has 3 aromatic rings. The molecule has 0 atom stereocenters. The van der Waals surface area contributed by atoms with Crippen LogP contribution in [-0.4, -0.2) is 4.98 Å². The Labute approximate surface area is 128 Å². The third kappa shape index (κ3) is 2.28. The Bertz CT molecular complexity index is 827. The van der Waals surface area contributed by atoms with Crippen LogP contribution in [-0.2, 0) is 12.8 Å². The van der Waals surface area contributed by atoms with E-state index in [0.29, 0.717) is 0 Å². The van der Waals surface area contributed by atoms with Crippen molar-refractivity contribution in [2.75, 3.05) is 5.73 Å². The lowest BCUT2D eigenvalue weighted by Crippen LogP contribution is -1.90. The van der Waals surface area contributed by atoms with Crippen molar-refractivity contribution in [2.45, 2.75) is 29.1 Å². The lowest BCUT2D eigenvalue weighted by molar-refractivity contribution is 0.911. The zero-order chi connectivity index (χ0) is 14.2. The van der Waals surface area contributed by atoms with Gasteiger partial charge in [0.15, 0.2) is 0 Å². The summed E-state index contributed by atoms with van der Waals surface area (Å²) >= 11 is 1.80. The molecule has 1 aliphatic rings. The zero-order valence-corrected chi connectivity index (χ0v) is 12.5. The number of benzene rings is 2. The van der Waals surface area contributed by atoms with Gasteiger partial charge in [-0.3, -0.25) is 4.98 Å². The van der Waals surface area contributed by atoms with E-state index in [4.69, 9.17) is 5.73 Å². The maximum atomic E-state index is 6.02. The summed E-state index contributed by atoms with van der Waals surface area (Å²) in [5.74, 6) is 0. The topological polar surface area (TPSA) is 38.9 Å². The van der Waals surface area contributed by atoms with Gasteiger partial charge in [-0.2, -0.15) is 0 Å². The number of hydrogen-bond donors (Lipinski definition) is 1. The largest absolute Gasteiger partial charge is 0.397 e. The first-order valence-electron chi connectivity index (χ1n) is 7.24. The van der Waals surface area contributed by atoms with Crippen LogP contribution in [0.2, 0.25) is 0 Å². The number of nitrogen functional groups attached to an aromatic ring is 1. The molecule has 2 aromatic carbocycles. The van der Waals surface area contributed by atoms with Crippen LogP contribution in [0.4, 0.5) is 5.69 Å². The summed E-state index contributed by atoms with van der Waals surface area (Å²) in [7, 11) is 0. The van der Waals surface area contributed by atoms with Gasteiger partial charge in [0.1, 0.15) is 0 Å². The number of fused-ring (bicyclic) bond motifs is 2. The number of pyridine rings is 1. The Hall–Kier alpha value is -2.00. The molecule has 0 amide bonds. The summed E-state index contributed by atoms with van der Waals surface area (Å²) in [5.41, 5.74) is 10.7. The molecule has 2 nitrogen and oxygen atoms in total. The third-order valence-electron chi connectivity index (χ3n) is 4.06. The number of hydrogen-bond acceptors (Lipinski definition) is 3. The van der Waals surface area contributed by atoms with Crippen molar-refractivity contribution in [1.29, 1.82) is 0 Å². The normalized spacial score (nSPS) is 13.5. The maximum absolute atomic E-state index is 6.02. The standard InChI is InChI=1S/C18H16N2S/c19-16-6-2-5-15-17(9-10-20-18(15)16)21-14-8-7-12-3-1-4-13(12)11-14/h2,5-11H,1,3-4,19H2. The minimum absolute atomic E-state index is 0.740. The first kappa shape index (κ1) is 12.7. The highest BCUT2D eigenvalue weighted by Gasteiger charge is 2.12. The lowest BCUT2D eigenvalue weighted by atomic mass is 10.1. The Balaban J connectivity index is 1.76. The monoisotopic (exact) mass is 292 g/mol. The predicted molar refractivity (Wildman–Crippen MR) is 88.7 cm³/mol. The molecule has 3 heteroatoms. The van der Waals surface area contributed by atoms with Crippen molar-refractivity contribution in [2.24, 2.45) is 0 Å². The second kappa shape index (κ2) is 5.08. The Morgan fingerprint density at radius 1 is 1.00 bits per heavy atom. The van der Waals surface area contributed by atoms with E-state index in [9.17, 15) is 0 Å². The van der Waals surface area contributed by atoms with Crippen molar-refractivity contribution in [3.8, 4) is 0 Å². The molecule has 4 rings (SSSR count). The SMILES string of the molecule is Nc1cccc2c(Sc3ccc4c(c3)CCC4)ccnc12.